The quantitative estimate of drug-likeness (QED) is 0.242. The lowest BCUT2D eigenvalue weighted by Crippen LogP contribution is -2.13. The molecule has 0 N–H and O–H groups in total. The van der Waals surface area contributed by atoms with Gasteiger partial charge in [0.25, 0.3) is 0 Å². The molecule has 4 aromatic rings. The monoisotopic (exact) mass is 471 g/mol. The summed E-state index contributed by atoms with van der Waals surface area (Å²) in [5, 5.41) is 6.15. The Morgan fingerprint density at radius 3 is 2.30 bits per heavy atom. The maximum absolute atomic E-state index is 13.4. The molecule has 4 nitrogen and oxygen atoms in total. The van der Waals surface area contributed by atoms with Gasteiger partial charge in [-0.2, -0.15) is 18.3 Å². The second-order valence-corrected chi connectivity index (χ2v) is 7.70. The molecule has 0 bridgehead atoms. The Morgan fingerprint density at radius 1 is 0.939 bits per heavy atom. The van der Waals surface area contributed by atoms with Crippen LogP contribution < -0.4 is 9.54 Å². The minimum Gasteiger partial charge on any atom is -0.497 e. The molecule has 0 radical (unpaired) electrons. The number of ether oxygens (including phenoxy) is 1. The summed E-state index contributed by atoms with van der Waals surface area (Å²) in [6, 6.07) is 18.0. The van der Waals surface area contributed by atoms with Crippen molar-refractivity contribution in [3.8, 4) is 17.0 Å². The van der Waals surface area contributed by atoms with Crippen molar-refractivity contribution in [2.45, 2.75) is 6.18 Å². The molecule has 0 aliphatic heterocycles. The number of halogens is 4. The van der Waals surface area contributed by atoms with Gasteiger partial charge in [-0.25, -0.2) is 14.1 Å². The summed E-state index contributed by atoms with van der Waals surface area (Å²) in [6.07, 6.45) is -3.35. The maximum Gasteiger partial charge on any atom is 0.417 e. The number of nitrogens with zero attached hydrogens (tertiary/aromatic N) is 3. The van der Waals surface area contributed by atoms with Gasteiger partial charge >= 0.3 is 6.18 Å². The van der Waals surface area contributed by atoms with Gasteiger partial charge in [0.05, 0.1) is 30.3 Å². The van der Waals surface area contributed by atoms with E-state index in [0.29, 0.717) is 21.9 Å². The molecule has 4 rings (SSSR count). The van der Waals surface area contributed by atoms with Gasteiger partial charge in [0, 0.05) is 16.5 Å². The number of thiazole rings is 1. The third-order valence-electron chi connectivity index (χ3n) is 4.70. The molecule has 0 atom stereocenters. The fourth-order valence-corrected chi connectivity index (χ4v) is 3.92. The third-order valence-corrected chi connectivity index (χ3v) is 5.52. The van der Waals surface area contributed by atoms with Crippen LogP contribution >= 0.6 is 11.3 Å². The van der Waals surface area contributed by atoms with E-state index in [1.165, 1.54) is 58.5 Å². The molecule has 1 aromatic heterocycles. The van der Waals surface area contributed by atoms with Crippen molar-refractivity contribution in [1.29, 1.82) is 0 Å². The van der Waals surface area contributed by atoms with Gasteiger partial charge in [-0.1, -0.05) is 18.2 Å². The van der Waals surface area contributed by atoms with Gasteiger partial charge in [0.2, 0.25) is 4.80 Å². The first-order chi connectivity index (χ1) is 15.8. The molecular weight excluding hydrogens is 454 g/mol. The zero-order chi connectivity index (χ0) is 23.4. The maximum atomic E-state index is 13.4. The van der Waals surface area contributed by atoms with E-state index in [1.54, 1.807) is 24.6 Å². The van der Waals surface area contributed by atoms with Crippen LogP contribution in [0.3, 0.4) is 0 Å². The van der Waals surface area contributed by atoms with Crippen molar-refractivity contribution >= 4 is 23.2 Å². The fraction of sp³-hybridized carbons (Fsp3) is 0.0833. The van der Waals surface area contributed by atoms with E-state index in [0.717, 1.165) is 17.8 Å². The summed E-state index contributed by atoms with van der Waals surface area (Å²) < 4.78 is 60.1. The highest BCUT2D eigenvalue weighted by molar-refractivity contribution is 7.07. The van der Waals surface area contributed by atoms with Crippen molar-refractivity contribution in [3.63, 3.8) is 0 Å². The molecule has 0 saturated carbocycles. The van der Waals surface area contributed by atoms with Crippen molar-refractivity contribution in [2.24, 2.45) is 10.1 Å². The normalized spacial score (nSPS) is 12.5. The Morgan fingerprint density at radius 2 is 1.64 bits per heavy atom. The van der Waals surface area contributed by atoms with Crippen LogP contribution in [0.1, 0.15) is 11.1 Å². The largest absolute Gasteiger partial charge is 0.497 e. The van der Waals surface area contributed by atoms with E-state index < -0.39 is 17.6 Å². The van der Waals surface area contributed by atoms with Gasteiger partial charge in [-0.3, -0.25) is 0 Å². The Kier molecular flexibility index (Phi) is 6.41. The Balaban J connectivity index is 1.84. The van der Waals surface area contributed by atoms with Crippen LogP contribution in [-0.2, 0) is 6.18 Å². The van der Waals surface area contributed by atoms with E-state index in [9.17, 15) is 17.6 Å². The molecule has 0 aliphatic rings. The SMILES string of the molecule is COc1ccc(-c2csc(=Nc3ccc(F)cc3)n2/N=C/c2ccccc2C(F)(F)F)cc1. The summed E-state index contributed by atoms with van der Waals surface area (Å²) in [5.74, 6) is 0.271. The number of benzene rings is 3. The first kappa shape index (κ1) is 22.5. The highest BCUT2D eigenvalue weighted by atomic mass is 32.1. The molecule has 0 saturated heterocycles. The van der Waals surface area contributed by atoms with E-state index >= 15 is 0 Å². The van der Waals surface area contributed by atoms with Crippen LogP contribution in [-0.4, -0.2) is 18.0 Å². The predicted molar refractivity (Wildman–Crippen MR) is 120 cm³/mol. The minimum atomic E-state index is -4.51. The standard InChI is InChI=1S/C24H17F4N3OS/c1-32-20-12-6-16(7-13-20)22-15-33-23(30-19-10-8-18(25)9-11-19)31(22)29-14-17-4-2-3-5-21(17)24(26,27)28/h2-15H,1H3/b29-14+,30-23?. The van der Waals surface area contributed by atoms with Crippen LogP contribution in [0, 0.1) is 5.82 Å². The Bertz CT molecular complexity index is 1340. The molecular formula is C24H17F4N3OS. The molecule has 0 spiro atoms. The average Bonchev–Trinajstić information content (AvgIpc) is 3.21. The Hall–Kier alpha value is -3.72. The molecule has 9 heteroatoms. The van der Waals surface area contributed by atoms with Crippen LogP contribution in [0.5, 0.6) is 5.75 Å². The Labute approximate surface area is 190 Å². The number of hydrogen-bond acceptors (Lipinski definition) is 4. The summed E-state index contributed by atoms with van der Waals surface area (Å²) in [6.45, 7) is 0. The molecule has 0 amide bonds. The number of aromatic nitrogens is 1. The van der Waals surface area contributed by atoms with Crippen molar-refractivity contribution in [2.75, 3.05) is 7.11 Å². The van der Waals surface area contributed by atoms with Crippen LogP contribution in [0.15, 0.2) is 88.3 Å². The molecule has 1 heterocycles. The molecule has 0 fully saturated rings. The number of rotatable bonds is 5. The van der Waals surface area contributed by atoms with Gasteiger partial charge < -0.3 is 4.74 Å². The van der Waals surface area contributed by atoms with Crippen LogP contribution in [0.2, 0.25) is 0 Å². The smallest absolute Gasteiger partial charge is 0.417 e. The number of hydrogen-bond donors (Lipinski definition) is 0. The molecule has 0 unspecified atom stereocenters. The van der Waals surface area contributed by atoms with Gasteiger partial charge in [-0.05, 0) is 54.6 Å². The van der Waals surface area contributed by atoms with E-state index in [1.807, 2.05) is 12.1 Å². The fourth-order valence-electron chi connectivity index (χ4n) is 3.06. The molecule has 168 valence electrons. The minimum absolute atomic E-state index is 0.0721. The highest BCUT2D eigenvalue weighted by Gasteiger charge is 2.32. The van der Waals surface area contributed by atoms with E-state index in [4.69, 9.17) is 4.74 Å². The molecule has 33 heavy (non-hydrogen) atoms. The number of methoxy groups -OCH3 is 1. The predicted octanol–water partition coefficient (Wildman–Crippen LogP) is 6.50. The first-order valence-electron chi connectivity index (χ1n) is 9.71. The lowest BCUT2D eigenvalue weighted by Gasteiger charge is -2.09. The average molecular weight is 471 g/mol. The van der Waals surface area contributed by atoms with Gasteiger partial charge in [0.15, 0.2) is 0 Å². The zero-order valence-electron chi connectivity index (χ0n) is 17.3. The first-order valence-corrected chi connectivity index (χ1v) is 10.6. The van der Waals surface area contributed by atoms with Crippen LogP contribution in [0.25, 0.3) is 11.3 Å². The van der Waals surface area contributed by atoms with Gasteiger partial charge in [0.1, 0.15) is 11.6 Å². The van der Waals surface area contributed by atoms with E-state index in [-0.39, 0.29) is 5.56 Å². The lowest BCUT2D eigenvalue weighted by atomic mass is 10.1. The van der Waals surface area contributed by atoms with Crippen molar-refractivity contribution in [1.82, 2.24) is 4.68 Å². The highest BCUT2D eigenvalue weighted by Crippen LogP contribution is 2.31. The van der Waals surface area contributed by atoms with Crippen molar-refractivity contribution in [3.05, 3.63) is 99.9 Å². The third kappa shape index (κ3) is 5.20. The summed E-state index contributed by atoms with van der Waals surface area (Å²) in [7, 11) is 1.56. The molecule has 0 aliphatic carbocycles. The summed E-state index contributed by atoms with van der Waals surface area (Å²) >= 11 is 1.26. The summed E-state index contributed by atoms with van der Waals surface area (Å²) in [4.78, 5) is 4.91. The number of alkyl halides is 3. The van der Waals surface area contributed by atoms with Crippen molar-refractivity contribution < 1.29 is 22.3 Å². The lowest BCUT2D eigenvalue weighted by molar-refractivity contribution is -0.137. The second kappa shape index (κ2) is 9.41. The second-order valence-electron chi connectivity index (χ2n) is 6.86. The topological polar surface area (TPSA) is 38.9 Å². The van der Waals surface area contributed by atoms with Crippen LogP contribution in [0.4, 0.5) is 23.2 Å². The van der Waals surface area contributed by atoms with Gasteiger partial charge in [-0.15, -0.1) is 11.3 Å². The zero-order valence-corrected chi connectivity index (χ0v) is 18.1. The molecule has 3 aromatic carbocycles. The van der Waals surface area contributed by atoms with E-state index in [2.05, 4.69) is 10.1 Å². The summed E-state index contributed by atoms with van der Waals surface area (Å²) in [5.41, 5.74) is 1.03.